The van der Waals surface area contributed by atoms with Crippen LogP contribution < -0.4 is 32.9 Å². The minimum atomic E-state index is -1.86. The molecule has 0 saturated carbocycles. The highest BCUT2D eigenvalue weighted by molar-refractivity contribution is 7.95. The molecular weight excluding hydrogens is 427 g/mol. The van der Waals surface area contributed by atoms with Crippen molar-refractivity contribution in [3.8, 4) is 0 Å². The largest absolute Gasteiger partial charge is 1.00 e. The van der Waals surface area contributed by atoms with E-state index in [0.717, 1.165) is 11.9 Å². The third kappa shape index (κ3) is 3.72. The molecule has 4 rings (SSSR count). The number of halogens is 1. The number of rotatable bonds is 5. The molecule has 3 heteroatoms. The quantitative estimate of drug-likeness (QED) is 0.425. The maximum absolute atomic E-state index is 5.77. The SMILES string of the molecule is Cc1coc(C)c1C[P+](c1ccccc1)(c1ccccc1)c1ccccc1.[Br-]. The van der Waals surface area contributed by atoms with Crippen molar-refractivity contribution in [2.24, 2.45) is 0 Å². The second kappa shape index (κ2) is 8.90. The maximum atomic E-state index is 5.77. The Morgan fingerprint density at radius 1 is 0.643 bits per heavy atom. The van der Waals surface area contributed by atoms with Crippen molar-refractivity contribution in [2.45, 2.75) is 20.0 Å². The molecule has 0 N–H and O–H groups in total. The molecule has 0 fully saturated rings. The van der Waals surface area contributed by atoms with Gasteiger partial charge in [-0.15, -0.1) is 0 Å². The molecule has 1 heterocycles. The predicted molar refractivity (Wildman–Crippen MR) is 117 cm³/mol. The highest BCUT2D eigenvalue weighted by Crippen LogP contribution is 2.58. The van der Waals surface area contributed by atoms with E-state index in [1.165, 1.54) is 27.0 Å². The molecule has 0 atom stereocenters. The molecule has 0 aliphatic rings. The Balaban J connectivity index is 0.00000225. The molecule has 0 amide bonds. The van der Waals surface area contributed by atoms with Gasteiger partial charge < -0.3 is 21.4 Å². The average Bonchev–Trinajstić information content (AvgIpc) is 3.05. The lowest BCUT2D eigenvalue weighted by molar-refractivity contribution is -0.00000588. The Labute approximate surface area is 178 Å². The fraction of sp³-hybridized carbons (Fsp3) is 0.120. The van der Waals surface area contributed by atoms with Gasteiger partial charge in [-0.3, -0.25) is 0 Å². The number of furan rings is 1. The Morgan fingerprint density at radius 2 is 1.04 bits per heavy atom. The zero-order valence-electron chi connectivity index (χ0n) is 16.2. The molecule has 0 bridgehead atoms. The lowest BCUT2D eigenvalue weighted by atomic mass is 10.2. The summed E-state index contributed by atoms with van der Waals surface area (Å²) in [5.74, 6) is 1.03. The first kappa shape index (κ1) is 20.6. The molecule has 3 aromatic carbocycles. The minimum Gasteiger partial charge on any atom is -1.00 e. The van der Waals surface area contributed by atoms with Gasteiger partial charge in [0.25, 0.3) is 0 Å². The van der Waals surface area contributed by atoms with E-state index in [1.807, 2.05) is 6.26 Å². The predicted octanol–water partition coefficient (Wildman–Crippen LogP) is 2.39. The third-order valence-electron chi connectivity index (χ3n) is 5.30. The lowest BCUT2D eigenvalue weighted by Gasteiger charge is -2.27. The van der Waals surface area contributed by atoms with E-state index in [9.17, 15) is 0 Å². The van der Waals surface area contributed by atoms with Crippen molar-refractivity contribution in [2.75, 3.05) is 0 Å². The van der Waals surface area contributed by atoms with Crippen LogP contribution in [0.4, 0.5) is 0 Å². The van der Waals surface area contributed by atoms with Gasteiger partial charge in [0.1, 0.15) is 35.1 Å². The summed E-state index contributed by atoms with van der Waals surface area (Å²) in [5, 5.41) is 4.22. The topological polar surface area (TPSA) is 13.1 Å². The maximum Gasteiger partial charge on any atom is 0.116 e. The molecule has 0 aliphatic carbocycles. The van der Waals surface area contributed by atoms with E-state index in [2.05, 4.69) is 105 Å². The van der Waals surface area contributed by atoms with Gasteiger partial charge in [-0.05, 0) is 55.8 Å². The summed E-state index contributed by atoms with van der Waals surface area (Å²) in [6.07, 6.45) is 2.86. The number of aryl methyl sites for hydroxylation is 2. The van der Waals surface area contributed by atoms with E-state index >= 15 is 0 Å². The molecule has 1 aromatic heterocycles. The van der Waals surface area contributed by atoms with Gasteiger partial charge in [-0.2, -0.15) is 0 Å². The van der Waals surface area contributed by atoms with Crippen LogP contribution >= 0.6 is 7.26 Å². The number of hydrogen-bond donors (Lipinski definition) is 0. The van der Waals surface area contributed by atoms with Crippen LogP contribution in [-0.4, -0.2) is 0 Å². The van der Waals surface area contributed by atoms with Crippen LogP contribution in [-0.2, 0) is 6.16 Å². The zero-order chi connectivity index (χ0) is 18.7. The van der Waals surface area contributed by atoms with Gasteiger partial charge in [0.05, 0.1) is 6.26 Å². The summed E-state index contributed by atoms with van der Waals surface area (Å²) in [7, 11) is -1.86. The van der Waals surface area contributed by atoms with E-state index < -0.39 is 7.26 Å². The standard InChI is InChI=1S/C25H24OP.BrH/c1-20-18-26-21(2)25(20)19-27(22-12-6-3-7-13-22,23-14-8-4-9-15-23)24-16-10-5-11-17-24;/h3-18H,19H2,1-2H3;1H/q+1;/p-1. The van der Waals surface area contributed by atoms with E-state index in [1.54, 1.807) is 0 Å². The molecule has 0 spiro atoms. The summed E-state index contributed by atoms with van der Waals surface area (Å²) in [6.45, 7) is 4.24. The second-order valence-corrected chi connectivity index (χ2v) is 10.4. The van der Waals surface area contributed by atoms with Crippen LogP contribution in [0, 0.1) is 13.8 Å². The van der Waals surface area contributed by atoms with E-state index in [4.69, 9.17) is 4.42 Å². The van der Waals surface area contributed by atoms with Crippen LogP contribution in [0.25, 0.3) is 0 Å². The minimum absolute atomic E-state index is 0. The van der Waals surface area contributed by atoms with E-state index in [0.29, 0.717) is 0 Å². The van der Waals surface area contributed by atoms with Crippen molar-refractivity contribution in [3.05, 3.63) is 114 Å². The summed E-state index contributed by atoms with van der Waals surface area (Å²) in [5.41, 5.74) is 2.57. The van der Waals surface area contributed by atoms with E-state index in [-0.39, 0.29) is 17.0 Å². The molecule has 4 aromatic rings. The smallest absolute Gasteiger partial charge is 0.116 e. The van der Waals surface area contributed by atoms with Crippen LogP contribution in [0.5, 0.6) is 0 Å². The average molecular weight is 451 g/mol. The van der Waals surface area contributed by atoms with Gasteiger partial charge in [-0.1, -0.05) is 54.6 Å². The Kier molecular flexibility index (Phi) is 6.54. The van der Waals surface area contributed by atoms with Crippen LogP contribution in [0.3, 0.4) is 0 Å². The third-order valence-corrected chi connectivity index (χ3v) is 9.63. The molecule has 142 valence electrons. The van der Waals surface area contributed by atoms with Gasteiger partial charge in [-0.25, -0.2) is 0 Å². The summed E-state index contributed by atoms with van der Waals surface area (Å²) in [4.78, 5) is 0. The Bertz CT molecular complexity index is 894. The Hall–Kier alpha value is -2.15. The normalized spacial score (nSPS) is 11.1. The molecule has 1 nitrogen and oxygen atoms in total. The lowest BCUT2D eigenvalue weighted by Crippen LogP contribution is -3.00. The summed E-state index contributed by atoms with van der Waals surface area (Å²) >= 11 is 0. The van der Waals surface area contributed by atoms with Crippen molar-refractivity contribution in [1.29, 1.82) is 0 Å². The second-order valence-electron chi connectivity index (χ2n) is 6.93. The highest BCUT2D eigenvalue weighted by atomic mass is 79.9. The summed E-state index contributed by atoms with van der Waals surface area (Å²) < 4.78 is 5.77. The van der Waals surface area contributed by atoms with Gasteiger partial charge >= 0.3 is 0 Å². The van der Waals surface area contributed by atoms with Crippen molar-refractivity contribution >= 4 is 23.2 Å². The number of benzene rings is 3. The van der Waals surface area contributed by atoms with Gasteiger partial charge in [0, 0.05) is 5.56 Å². The van der Waals surface area contributed by atoms with Crippen LogP contribution in [0.1, 0.15) is 16.9 Å². The molecule has 0 saturated heterocycles. The van der Waals surface area contributed by atoms with Crippen molar-refractivity contribution in [1.82, 2.24) is 0 Å². The van der Waals surface area contributed by atoms with Gasteiger partial charge in [0.2, 0.25) is 0 Å². The van der Waals surface area contributed by atoms with Crippen LogP contribution in [0.15, 0.2) is 102 Å². The zero-order valence-corrected chi connectivity index (χ0v) is 18.7. The first-order valence-corrected chi connectivity index (χ1v) is 11.3. The Morgan fingerprint density at radius 3 is 1.36 bits per heavy atom. The monoisotopic (exact) mass is 450 g/mol. The molecule has 0 radical (unpaired) electrons. The summed E-state index contributed by atoms with van der Waals surface area (Å²) in [6, 6.07) is 33.0. The van der Waals surface area contributed by atoms with Crippen molar-refractivity contribution < 1.29 is 21.4 Å². The first-order valence-electron chi connectivity index (χ1n) is 9.30. The van der Waals surface area contributed by atoms with Gasteiger partial charge in [0.15, 0.2) is 0 Å². The molecular formula is C25H24BrOP. The fourth-order valence-corrected chi connectivity index (χ4v) is 8.27. The van der Waals surface area contributed by atoms with Crippen LogP contribution in [0.2, 0.25) is 0 Å². The highest BCUT2D eigenvalue weighted by Gasteiger charge is 2.46. The molecule has 0 unspecified atom stereocenters. The van der Waals surface area contributed by atoms with Crippen molar-refractivity contribution in [3.63, 3.8) is 0 Å². The first-order chi connectivity index (χ1) is 13.2. The fourth-order valence-electron chi connectivity index (χ4n) is 3.84. The molecule has 0 aliphatic heterocycles. The number of hydrogen-bond acceptors (Lipinski definition) is 1. The molecule has 28 heavy (non-hydrogen) atoms.